The third-order valence-electron chi connectivity index (χ3n) is 4.21. The van der Waals surface area contributed by atoms with Crippen LogP contribution in [0.25, 0.3) is 0 Å². The number of aliphatic hydroxyl groups is 2. The van der Waals surface area contributed by atoms with Crippen molar-refractivity contribution in [2.24, 2.45) is 5.92 Å². The zero-order valence-corrected chi connectivity index (χ0v) is 13.7. The third-order valence-corrected chi connectivity index (χ3v) is 7.42. The van der Waals surface area contributed by atoms with Gasteiger partial charge in [-0.3, -0.25) is 0 Å². The van der Waals surface area contributed by atoms with Gasteiger partial charge >= 0.3 is 122 Å². The van der Waals surface area contributed by atoms with E-state index < -0.39 is 11.2 Å². The van der Waals surface area contributed by atoms with Crippen LogP contribution in [-0.2, 0) is 0 Å². The number of benzene rings is 1. The summed E-state index contributed by atoms with van der Waals surface area (Å²) >= 11 is 0.259. The molecule has 3 unspecified atom stereocenters. The molecule has 2 rings (SSSR count). The van der Waals surface area contributed by atoms with Crippen molar-refractivity contribution in [3.63, 3.8) is 0 Å². The van der Waals surface area contributed by atoms with Gasteiger partial charge in [0, 0.05) is 0 Å². The Morgan fingerprint density at radius 2 is 1.89 bits per heavy atom. The third kappa shape index (κ3) is 3.82. The van der Waals surface area contributed by atoms with Crippen molar-refractivity contribution in [1.82, 2.24) is 0 Å². The van der Waals surface area contributed by atoms with Gasteiger partial charge in [0.1, 0.15) is 0 Å². The van der Waals surface area contributed by atoms with Crippen molar-refractivity contribution in [2.45, 2.75) is 56.1 Å². The van der Waals surface area contributed by atoms with Crippen molar-refractivity contribution in [1.29, 1.82) is 0 Å². The first kappa shape index (κ1) is 15.1. The van der Waals surface area contributed by atoms with Gasteiger partial charge in [-0.25, -0.2) is 0 Å². The molecule has 0 aliphatic heterocycles. The molecule has 1 saturated carbocycles. The van der Waals surface area contributed by atoms with E-state index in [0.29, 0.717) is 5.92 Å². The molecule has 0 saturated heterocycles. The van der Waals surface area contributed by atoms with Gasteiger partial charge in [-0.1, -0.05) is 0 Å². The van der Waals surface area contributed by atoms with Gasteiger partial charge in [0.15, 0.2) is 0 Å². The zero-order valence-electron chi connectivity index (χ0n) is 12.0. The first-order valence-electron chi connectivity index (χ1n) is 6.95. The summed E-state index contributed by atoms with van der Waals surface area (Å²) in [5, 5.41) is 20.8. The Hall–Kier alpha value is -0.341. The van der Waals surface area contributed by atoms with Gasteiger partial charge < -0.3 is 0 Å². The molecule has 0 bridgehead atoms. The van der Waals surface area contributed by atoms with Crippen LogP contribution in [0.1, 0.15) is 40.0 Å². The quantitative estimate of drug-likeness (QED) is 0.835. The fourth-order valence-electron chi connectivity index (χ4n) is 2.74. The Kier molecular flexibility index (Phi) is 4.42. The van der Waals surface area contributed by atoms with Gasteiger partial charge in [-0.2, -0.15) is 0 Å². The van der Waals surface area contributed by atoms with Crippen molar-refractivity contribution < 1.29 is 10.2 Å². The minimum absolute atomic E-state index is 0.259. The van der Waals surface area contributed by atoms with Gasteiger partial charge in [0.25, 0.3) is 0 Å². The van der Waals surface area contributed by atoms with Crippen LogP contribution in [0.4, 0.5) is 0 Å². The van der Waals surface area contributed by atoms with Crippen LogP contribution in [0.3, 0.4) is 0 Å². The molecule has 1 aromatic carbocycles. The molecule has 0 amide bonds. The van der Waals surface area contributed by atoms with Crippen LogP contribution in [0.2, 0.25) is 4.82 Å². The van der Waals surface area contributed by atoms with E-state index in [1.807, 2.05) is 26.8 Å². The van der Waals surface area contributed by atoms with Gasteiger partial charge in [0.2, 0.25) is 0 Å². The van der Waals surface area contributed by atoms with Crippen LogP contribution in [0, 0.1) is 5.92 Å². The zero-order chi connectivity index (χ0) is 14.1. The van der Waals surface area contributed by atoms with Crippen molar-refractivity contribution >= 4 is 19.4 Å². The predicted molar refractivity (Wildman–Crippen MR) is 79.8 cm³/mol. The van der Waals surface area contributed by atoms with Gasteiger partial charge in [-0.05, 0) is 0 Å². The van der Waals surface area contributed by atoms with E-state index in [2.05, 4.69) is 24.3 Å². The normalized spacial score (nSPS) is 32.3. The van der Waals surface area contributed by atoms with E-state index in [9.17, 15) is 10.2 Å². The maximum absolute atomic E-state index is 10.6. The summed E-state index contributed by atoms with van der Waals surface area (Å²) in [5.74, 6) is 0.295. The number of rotatable bonds is 3. The maximum atomic E-state index is 10.6. The molecule has 1 aromatic rings. The first-order valence-corrected chi connectivity index (χ1v) is 8.80. The Morgan fingerprint density at radius 1 is 1.26 bits per heavy atom. The Labute approximate surface area is 122 Å². The molecule has 0 aromatic heterocycles. The minimum atomic E-state index is -0.637. The van der Waals surface area contributed by atoms with Crippen LogP contribution in [0.15, 0.2) is 30.3 Å². The number of hydrogen-bond acceptors (Lipinski definition) is 2. The van der Waals surface area contributed by atoms with E-state index in [1.54, 1.807) is 0 Å². The second-order valence-corrected chi connectivity index (χ2v) is 9.08. The van der Waals surface area contributed by atoms with Crippen molar-refractivity contribution in [3.05, 3.63) is 30.3 Å². The molecule has 0 heterocycles. The Balaban J connectivity index is 2.11. The molecular weight excluding hydrogens is 303 g/mol. The SMILES string of the molecule is CC(C)(O)C1CCC(C)(O)C([Se]c2ccccc2)C1. The molecule has 2 N–H and O–H groups in total. The summed E-state index contributed by atoms with van der Waals surface area (Å²) in [4.78, 5) is 0.285. The predicted octanol–water partition coefficient (Wildman–Crippen LogP) is 2.13. The topological polar surface area (TPSA) is 40.5 Å². The summed E-state index contributed by atoms with van der Waals surface area (Å²) in [7, 11) is 0. The van der Waals surface area contributed by atoms with E-state index in [-0.39, 0.29) is 19.8 Å². The molecule has 1 aliphatic rings. The molecule has 1 fully saturated rings. The average Bonchev–Trinajstić information content (AvgIpc) is 2.31. The van der Waals surface area contributed by atoms with Crippen LogP contribution in [0.5, 0.6) is 0 Å². The van der Waals surface area contributed by atoms with E-state index in [0.717, 1.165) is 19.3 Å². The summed E-state index contributed by atoms with van der Waals surface area (Å²) in [6.45, 7) is 5.75. The van der Waals surface area contributed by atoms with E-state index in [4.69, 9.17) is 0 Å². The Morgan fingerprint density at radius 3 is 2.47 bits per heavy atom. The fourth-order valence-corrected chi connectivity index (χ4v) is 5.56. The van der Waals surface area contributed by atoms with Crippen molar-refractivity contribution in [3.8, 4) is 0 Å². The Bertz CT molecular complexity index is 409. The molecule has 19 heavy (non-hydrogen) atoms. The second kappa shape index (κ2) is 5.57. The monoisotopic (exact) mass is 328 g/mol. The first-order chi connectivity index (χ1) is 8.79. The average molecular weight is 327 g/mol. The fraction of sp³-hybridized carbons (Fsp3) is 0.625. The summed E-state index contributed by atoms with van der Waals surface area (Å²) in [5.41, 5.74) is -1.22. The molecule has 3 atom stereocenters. The standard InChI is InChI=1S/C16H24O2Se/c1-15(2,17)12-9-10-16(3,18)14(11-12)19-13-7-5-4-6-8-13/h4-8,12,14,17-18H,9-11H2,1-3H3. The van der Waals surface area contributed by atoms with E-state index >= 15 is 0 Å². The molecule has 0 spiro atoms. The van der Waals surface area contributed by atoms with Crippen LogP contribution in [-0.4, -0.2) is 36.4 Å². The van der Waals surface area contributed by atoms with Gasteiger partial charge in [0.05, 0.1) is 0 Å². The summed E-state index contributed by atoms with van der Waals surface area (Å²) in [6.07, 6.45) is 2.63. The molecule has 1 aliphatic carbocycles. The van der Waals surface area contributed by atoms with Crippen LogP contribution >= 0.6 is 0 Å². The molecular formula is C16H24O2Se. The second-order valence-electron chi connectivity index (χ2n) is 6.40. The van der Waals surface area contributed by atoms with Gasteiger partial charge in [-0.15, -0.1) is 0 Å². The van der Waals surface area contributed by atoms with E-state index in [1.165, 1.54) is 4.46 Å². The summed E-state index contributed by atoms with van der Waals surface area (Å²) < 4.78 is 1.33. The molecule has 0 radical (unpaired) electrons. The van der Waals surface area contributed by atoms with Crippen LogP contribution < -0.4 is 4.46 Å². The molecule has 3 heteroatoms. The molecule has 2 nitrogen and oxygen atoms in total. The van der Waals surface area contributed by atoms with Crippen molar-refractivity contribution in [2.75, 3.05) is 0 Å². The molecule has 106 valence electrons. The number of hydrogen-bond donors (Lipinski definition) is 2. The summed E-state index contributed by atoms with van der Waals surface area (Å²) in [6, 6.07) is 10.4.